The van der Waals surface area contributed by atoms with E-state index in [9.17, 15) is 14.4 Å². The maximum Gasteiger partial charge on any atom is 0.328 e. The van der Waals surface area contributed by atoms with Gasteiger partial charge < -0.3 is 10.1 Å². The summed E-state index contributed by atoms with van der Waals surface area (Å²) in [5.41, 5.74) is 0.246. The molecule has 1 aliphatic carbocycles. The molecule has 4 rings (SSSR count). The van der Waals surface area contributed by atoms with E-state index in [4.69, 9.17) is 4.74 Å². The summed E-state index contributed by atoms with van der Waals surface area (Å²) in [6.07, 6.45) is 5.02. The Balaban J connectivity index is 1.39. The molecule has 7 heteroatoms. The van der Waals surface area contributed by atoms with Gasteiger partial charge in [-0.25, -0.2) is 4.79 Å². The summed E-state index contributed by atoms with van der Waals surface area (Å²) in [6.45, 7) is 0.171. The first-order chi connectivity index (χ1) is 14.1. The van der Waals surface area contributed by atoms with E-state index in [1.54, 1.807) is 24.3 Å². The zero-order chi connectivity index (χ0) is 20.2. The van der Waals surface area contributed by atoms with E-state index in [0.29, 0.717) is 22.7 Å². The van der Waals surface area contributed by atoms with E-state index < -0.39 is 11.2 Å². The van der Waals surface area contributed by atoms with Crippen molar-refractivity contribution in [3.63, 3.8) is 0 Å². The first-order valence-electron chi connectivity index (χ1n) is 9.88. The number of hydrogen-bond acceptors (Lipinski definition) is 4. The summed E-state index contributed by atoms with van der Waals surface area (Å²) in [5, 5.41) is 3.25. The van der Waals surface area contributed by atoms with Gasteiger partial charge in [0.2, 0.25) is 5.91 Å². The summed E-state index contributed by atoms with van der Waals surface area (Å²) in [4.78, 5) is 38.7. The Bertz CT molecular complexity index is 1130. The topological polar surface area (TPSA) is 93.2 Å². The van der Waals surface area contributed by atoms with Crippen LogP contribution in [0.25, 0.3) is 10.9 Å². The number of aryl methyl sites for hydroxylation is 1. The van der Waals surface area contributed by atoms with Crippen LogP contribution in [-0.4, -0.2) is 21.6 Å². The standard InChI is InChI=1S/C22H23N3O4/c26-20(23-15-9-11-17(12-10-15)29-16-5-1-2-6-16)13-14-25-19-8-4-3-7-18(19)21(27)24-22(25)28/h3-4,7-12,16H,1-2,5-6,13-14H2,(H,23,26)(H,24,27,28). The van der Waals surface area contributed by atoms with Crippen LogP contribution in [0.5, 0.6) is 5.75 Å². The number of H-pyrrole nitrogens is 1. The van der Waals surface area contributed by atoms with Crippen LogP contribution in [0.1, 0.15) is 32.1 Å². The number of nitrogens with zero attached hydrogens (tertiary/aromatic N) is 1. The van der Waals surface area contributed by atoms with Gasteiger partial charge in [-0.3, -0.25) is 19.1 Å². The molecule has 1 saturated carbocycles. The number of carbonyl (C=O) groups excluding carboxylic acids is 1. The van der Waals surface area contributed by atoms with E-state index in [1.807, 2.05) is 24.3 Å². The SMILES string of the molecule is O=C(CCn1c(=O)[nH]c(=O)c2ccccc21)Nc1ccc(OC2CCCC2)cc1. The third kappa shape index (κ3) is 4.39. The van der Waals surface area contributed by atoms with Crippen molar-refractivity contribution in [2.24, 2.45) is 0 Å². The summed E-state index contributed by atoms with van der Waals surface area (Å²) in [6, 6.07) is 14.2. The molecule has 0 atom stereocenters. The van der Waals surface area contributed by atoms with Crippen LogP contribution < -0.4 is 21.3 Å². The Morgan fingerprint density at radius 1 is 1.07 bits per heavy atom. The van der Waals surface area contributed by atoms with Gasteiger partial charge in [0.05, 0.1) is 17.0 Å². The number of benzene rings is 2. The first kappa shape index (κ1) is 19.0. The van der Waals surface area contributed by atoms with Crippen molar-refractivity contribution in [1.29, 1.82) is 0 Å². The number of carbonyl (C=O) groups is 1. The molecule has 1 heterocycles. The Kier molecular flexibility index (Phi) is 5.46. The fourth-order valence-electron chi connectivity index (χ4n) is 3.72. The number of ether oxygens (including phenoxy) is 1. The van der Waals surface area contributed by atoms with Gasteiger partial charge in [-0.1, -0.05) is 12.1 Å². The molecule has 1 aliphatic rings. The highest BCUT2D eigenvalue weighted by Gasteiger charge is 2.16. The van der Waals surface area contributed by atoms with Crippen LogP contribution in [0.3, 0.4) is 0 Å². The van der Waals surface area contributed by atoms with Gasteiger partial charge in [0.15, 0.2) is 0 Å². The number of hydrogen-bond donors (Lipinski definition) is 2. The molecule has 1 fully saturated rings. The first-order valence-corrected chi connectivity index (χ1v) is 9.88. The molecule has 3 aromatic rings. The Morgan fingerprint density at radius 2 is 1.79 bits per heavy atom. The van der Waals surface area contributed by atoms with Crippen molar-refractivity contribution in [1.82, 2.24) is 9.55 Å². The highest BCUT2D eigenvalue weighted by atomic mass is 16.5. The molecule has 2 N–H and O–H groups in total. The van der Waals surface area contributed by atoms with Crippen molar-refractivity contribution >= 4 is 22.5 Å². The predicted octanol–water partition coefficient (Wildman–Crippen LogP) is 3.04. The van der Waals surface area contributed by atoms with E-state index in [0.717, 1.165) is 18.6 Å². The summed E-state index contributed by atoms with van der Waals surface area (Å²) >= 11 is 0. The second-order valence-corrected chi connectivity index (χ2v) is 7.27. The second-order valence-electron chi connectivity index (χ2n) is 7.27. The normalized spacial score (nSPS) is 14.2. The average Bonchev–Trinajstić information content (AvgIpc) is 3.22. The van der Waals surface area contributed by atoms with Crippen molar-refractivity contribution in [2.45, 2.75) is 44.8 Å². The van der Waals surface area contributed by atoms with Crippen LogP contribution in [0.2, 0.25) is 0 Å². The van der Waals surface area contributed by atoms with Crippen LogP contribution in [0.15, 0.2) is 58.1 Å². The highest BCUT2D eigenvalue weighted by Crippen LogP contribution is 2.25. The Hall–Kier alpha value is -3.35. The highest BCUT2D eigenvalue weighted by molar-refractivity contribution is 5.90. The fraction of sp³-hybridized carbons (Fsp3) is 0.318. The van der Waals surface area contributed by atoms with E-state index in [2.05, 4.69) is 10.3 Å². The average molecular weight is 393 g/mol. The van der Waals surface area contributed by atoms with Crippen LogP contribution in [-0.2, 0) is 11.3 Å². The third-order valence-corrected chi connectivity index (χ3v) is 5.21. The Labute approximate surface area is 167 Å². The maximum absolute atomic E-state index is 12.3. The largest absolute Gasteiger partial charge is 0.490 e. The monoisotopic (exact) mass is 393 g/mol. The molecular weight excluding hydrogens is 370 g/mol. The molecular formula is C22H23N3O4. The van der Waals surface area contributed by atoms with Crippen LogP contribution >= 0.6 is 0 Å². The minimum absolute atomic E-state index is 0.107. The van der Waals surface area contributed by atoms with Gasteiger partial charge in [-0.05, 0) is 62.1 Å². The summed E-state index contributed by atoms with van der Waals surface area (Å²) < 4.78 is 7.34. The second kappa shape index (κ2) is 8.34. The molecule has 29 heavy (non-hydrogen) atoms. The fourth-order valence-corrected chi connectivity index (χ4v) is 3.72. The molecule has 0 unspecified atom stereocenters. The van der Waals surface area contributed by atoms with Crippen LogP contribution in [0, 0.1) is 0 Å². The maximum atomic E-state index is 12.3. The molecule has 0 bridgehead atoms. The lowest BCUT2D eigenvalue weighted by molar-refractivity contribution is -0.116. The molecule has 150 valence electrons. The summed E-state index contributed by atoms with van der Waals surface area (Å²) in [7, 11) is 0. The lowest BCUT2D eigenvalue weighted by Gasteiger charge is -2.13. The van der Waals surface area contributed by atoms with Crippen molar-refractivity contribution in [3.05, 3.63) is 69.4 Å². The Morgan fingerprint density at radius 3 is 2.55 bits per heavy atom. The smallest absolute Gasteiger partial charge is 0.328 e. The molecule has 1 amide bonds. The van der Waals surface area contributed by atoms with Gasteiger partial charge >= 0.3 is 5.69 Å². The van der Waals surface area contributed by atoms with Gasteiger partial charge in [0.25, 0.3) is 5.56 Å². The minimum atomic E-state index is -0.519. The number of rotatable bonds is 6. The molecule has 7 nitrogen and oxygen atoms in total. The van der Waals surface area contributed by atoms with Crippen molar-refractivity contribution in [3.8, 4) is 5.75 Å². The van der Waals surface area contributed by atoms with Gasteiger partial charge in [0.1, 0.15) is 5.75 Å². The number of aromatic nitrogens is 2. The number of para-hydroxylation sites is 1. The number of nitrogens with one attached hydrogen (secondary N) is 2. The number of amides is 1. The summed E-state index contributed by atoms with van der Waals surface area (Å²) in [5.74, 6) is 0.595. The lowest BCUT2D eigenvalue weighted by atomic mass is 10.2. The molecule has 0 saturated heterocycles. The van der Waals surface area contributed by atoms with Gasteiger partial charge in [-0.15, -0.1) is 0 Å². The zero-order valence-electron chi connectivity index (χ0n) is 16.0. The van der Waals surface area contributed by atoms with Gasteiger partial charge in [-0.2, -0.15) is 0 Å². The van der Waals surface area contributed by atoms with E-state index in [-0.39, 0.29) is 18.9 Å². The molecule has 0 aliphatic heterocycles. The predicted molar refractivity (Wildman–Crippen MR) is 111 cm³/mol. The van der Waals surface area contributed by atoms with Crippen LogP contribution in [0.4, 0.5) is 5.69 Å². The van der Waals surface area contributed by atoms with E-state index in [1.165, 1.54) is 17.4 Å². The molecule has 1 aromatic heterocycles. The third-order valence-electron chi connectivity index (χ3n) is 5.21. The number of anilines is 1. The molecule has 0 radical (unpaired) electrons. The van der Waals surface area contributed by atoms with Gasteiger partial charge in [0, 0.05) is 18.7 Å². The number of aromatic amines is 1. The molecule has 2 aromatic carbocycles. The van der Waals surface area contributed by atoms with Crippen molar-refractivity contribution in [2.75, 3.05) is 5.32 Å². The minimum Gasteiger partial charge on any atom is -0.490 e. The lowest BCUT2D eigenvalue weighted by Crippen LogP contribution is -2.31. The molecule has 0 spiro atoms. The zero-order valence-corrected chi connectivity index (χ0v) is 16.0. The van der Waals surface area contributed by atoms with Crippen molar-refractivity contribution < 1.29 is 9.53 Å². The van der Waals surface area contributed by atoms with E-state index >= 15 is 0 Å². The number of fused-ring (bicyclic) bond motifs is 1. The quantitative estimate of drug-likeness (QED) is 0.673.